The normalized spacial score (nSPS) is 15.1. The van der Waals surface area contributed by atoms with Gasteiger partial charge in [0.2, 0.25) is 0 Å². The van der Waals surface area contributed by atoms with Crippen LogP contribution in [0.3, 0.4) is 0 Å². The van der Waals surface area contributed by atoms with Gasteiger partial charge in [-0.2, -0.15) is 0 Å². The maximum atomic E-state index is 10.5. The summed E-state index contributed by atoms with van der Waals surface area (Å²) >= 11 is 0. The molecule has 5 nitrogen and oxygen atoms in total. The summed E-state index contributed by atoms with van der Waals surface area (Å²) in [4.78, 5) is 8.92. The van der Waals surface area contributed by atoms with Gasteiger partial charge in [0.25, 0.3) is 0 Å². The Morgan fingerprint density at radius 3 is 1.63 bits per heavy atom. The number of aliphatic imine (C=N–C) groups is 2. The molecule has 0 aromatic heterocycles. The first-order chi connectivity index (χ1) is 16.4. The van der Waals surface area contributed by atoms with Crippen LogP contribution in [-0.4, -0.2) is 43.0 Å². The first kappa shape index (κ1) is 26.8. The van der Waals surface area contributed by atoms with E-state index in [1.165, 1.54) is 38.9 Å². The molecule has 2 aliphatic heterocycles. The van der Waals surface area contributed by atoms with Crippen LogP contribution in [0.1, 0.15) is 70.8 Å². The number of aromatic hydroxyl groups is 1. The van der Waals surface area contributed by atoms with Crippen molar-refractivity contribution in [3.05, 3.63) is 62.2 Å². The second kappa shape index (κ2) is 10.8. The number of nitrogens with zero attached hydrogens (tertiary/aromatic N) is 2. The molecule has 0 saturated heterocycles. The average molecular weight is 477 g/mol. The van der Waals surface area contributed by atoms with Crippen LogP contribution in [0, 0.1) is 41.5 Å². The van der Waals surface area contributed by atoms with Crippen molar-refractivity contribution >= 4 is 11.7 Å². The van der Waals surface area contributed by atoms with E-state index in [-0.39, 0.29) is 5.41 Å². The van der Waals surface area contributed by atoms with Gasteiger partial charge in [0.1, 0.15) is 17.4 Å². The van der Waals surface area contributed by atoms with Crippen molar-refractivity contribution in [2.45, 2.75) is 80.6 Å². The highest BCUT2D eigenvalue weighted by atomic mass is 16.3. The molecule has 2 aromatic carbocycles. The molecular formula is C30H44N4O. The van der Waals surface area contributed by atoms with Crippen LogP contribution in [-0.2, 0) is 18.3 Å². The van der Waals surface area contributed by atoms with Crippen LogP contribution in [0.2, 0.25) is 0 Å². The fourth-order valence-electron chi connectivity index (χ4n) is 4.89. The first-order valence-electron chi connectivity index (χ1n) is 12.8. The van der Waals surface area contributed by atoms with Crippen molar-refractivity contribution in [3.8, 4) is 5.75 Å². The van der Waals surface area contributed by atoms with Gasteiger partial charge in [-0.3, -0.25) is 9.98 Å². The maximum Gasteiger partial charge on any atom is 0.122 e. The number of aryl methyl sites for hydroxylation is 3. The third-order valence-electron chi connectivity index (χ3n) is 7.40. The van der Waals surface area contributed by atoms with E-state index in [0.29, 0.717) is 5.75 Å². The minimum atomic E-state index is -0.0404. The van der Waals surface area contributed by atoms with Crippen LogP contribution in [0.25, 0.3) is 0 Å². The van der Waals surface area contributed by atoms with Crippen molar-refractivity contribution < 1.29 is 5.11 Å². The smallest absolute Gasteiger partial charge is 0.122 e. The van der Waals surface area contributed by atoms with E-state index in [1.807, 2.05) is 6.92 Å². The Labute approximate surface area is 212 Å². The summed E-state index contributed by atoms with van der Waals surface area (Å²) in [6, 6.07) is 4.39. The quantitative estimate of drug-likeness (QED) is 0.560. The van der Waals surface area contributed by atoms with Crippen LogP contribution in [0.15, 0.2) is 22.1 Å². The molecule has 0 atom stereocenters. The van der Waals surface area contributed by atoms with Gasteiger partial charge in [-0.1, -0.05) is 32.9 Å². The monoisotopic (exact) mass is 476 g/mol. The lowest BCUT2D eigenvalue weighted by atomic mass is 9.82. The predicted octanol–water partition coefficient (Wildman–Crippen LogP) is 5.32. The number of amidine groups is 2. The maximum absolute atomic E-state index is 10.5. The molecule has 2 heterocycles. The molecule has 0 saturated carbocycles. The highest BCUT2D eigenvalue weighted by Gasteiger charge is 2.23. The Bertz CT molecular complexity index is 1130. The number of phenolic OH excluding ortho intramolecular Hbond substituents is 1. The molecule has 4 rings (SSSR count). The van der Waals surface area contributed by atoms with Crippen molar-refractivity contribution in [2.24, 2.45) is 9.98 Å². The third kappa shape index (κ3) is 6.25. The fourth-order valence-corrected chi connectivity index (χ4v) is 4.89. The Morgan fingerprint density at radius 1 is 0.714 bits per heavy atom. The third-order valence-corrected chi connectivity index (χ3v) is 7.40. The summed E-state index contributed by atoms with van der Waals surface area (Å²) in [7, 11) is 0. The van der Waals surface area contributed by atoms with Gasteiger partial charge in [-0.15, -0.1) is 0 Å². The van der Waals surface area contributed by atoms with Crippen LogP contribution in [0.5, 0.6) is 5.75 Å². The first-order valence-corrected chi connectivity index (χ1v) is 12.8. The zero-order valence-electron chi connectivity index (χ0n) is 23.2. The van der Waals surface area contributed by atoms with Crippen LogP contribution < -0.4 is 10.6 Å². The second-order valence-corrected chi connectivity index (χ2v) is 11.0. The fraction of sp³-hybridized carbons (Fsp3) is 0.533. The number of rotatable bonds is 4. The molecule has 5 heteroatoms. The van der Waals surface area contributed by atoms with Crippen molar-refractivity contribution in [2.75, 3.05) is 26.2 Å². The minimum absolute atomic E-state index is 0.0404. The van der Waals surface area contributed by atoms with E-state index < -0.39 is 0 Å². The lowest BCUT2D eigenvalue weighted by Crippen LogP contribution is -2.22. The largest absolute Gasteiger partial charge is 0.507 e. The lowest BCUT2D eigenvalue weighted by molar-refractivity contribution is 0.442. The Morgan fingerprint density at radius 2 is 1.20 bits per heavy atom. The van der Waals surface area contributed by atoms with Gasteiger partial charge < -0.3 is 15.7 Å². The van der Waals surface area contributed by atoms with Gasteiger partial charge in [0.05, 0.1) is 13.1 Å². The van der Waals surface area contributed by atoms with E-state index in [2.05, 4.69) is 88.1 Å². The number of benzene rings is 2. The summed E-state index contributed by atoms with van der Waals surface area (Å²) in [6.45, 7) is 23.0. The van der Waals surface area contributed by atoms with E-state index in [9.17, 15) is 5.11 Å². The molecule has 3 N–H and O–H groups in total. The summed E-state index contributed by atoms with van der Waals surface area (Å²) in [6.07, 6.45) is 1.75. The zero-order valence-corrected chi connectivity index (χ0v) is 23.2. The Kier molecular flexibility index (Phi) is 8.30. The molecule has 35 heavy (non-hydrogen) atoms. The van der Waals surface area contributed by atoms with Crippen LogP contribution in [0.4, 0.5) is 0 Å². The van der Waals surface area contributed by atoms with Crippen LogP contribution >= 0.6 is 0 Å². The SMILES string of the molecule is Cc1cc(C(C)(C)C)c(O)c(C)c1CC1=NCCN1.Cc1cc(C)c(C)c(CC2=NCCN2)c1C. The van der Waals surface area contributed by atoms with Gasteiger partial charge in [0, 0.05) is 25.9 Å². The molecule has 0 fully saturated rings. The molecular weight excluding hydrogens is 432 g/mol. The van der Waals surface area contributed by atoms with Crippen molar-refractivity contribution in [1.82, 2.24) is 10.6 Å². The summed E-state index contributed by atoms with van der Waals surface area (Å²) in [5.74, 6) is 2.62. The highest BCUT2D eigenvalue weighted by Crippen LogP contribution is 2.36. The molecule has 2 aromatic rings. The molecule has 0 spiro atoms. The summed E-state index contributed by atoms with van der Waals surface area (Å²) in [5.41, 5.74) is 11.4. The molecule has 0 amide bonds. The summed E-state index contributed by atoms with van der Waals surface area (Å²) in [5, 5.41) is 17.1. The topological polar surface area (TPSA) is 69.0 Å². The summed E-state index contributed by atoms with van der Waals surface area (Å²) < 4.78 is 0. The van der Waals surface area contributed by atoms with Crippen molar-refractivity contribution in [1.29, 1.82) is 0 Å². The molecule has 2 aliphatic rings. The zero-order chi connectivity index (χ0) is 25.9. The average Bonchev–Trinajstić information content (AvgIpc) is 3.49. The number of hydrogen-bond donors (Lipinski definition) is 3. The Balaban J connectivity index is 0.000000198. The number of nitrogens with one attached hydrogen (secondary N) is 2. The molecule has 0 aliphatic carbocycles. The standard InChI is InChI=1S/C16H24N2O.C14H20N2/c1-10-8-13(16(3,4)5)15(19)11(2)12(10)9-14-17-6-7-18-14;1-9-7-10(2)12(4)13(11(9)3)8-14-15-5-6-16-14/h8,19H,6-7,9H2,1-5H3,(H,17,18);7H,5-6,8H2,1-4H3,(H,15,16). The number of phenols is 1. The molecule has 190 valence electrons. The van der Waals surface area contributed by atoms with E-state index in [0.717, 1.165) is 61.8 Å². The van der Waals surface area contributed by atoms with E-state index >= 15 is 0 Å². The predicted molar refractivity (Wildman–Crippen MR) is 150 cm³/mol. The second-order valence-electron chi connectivity index (χ2n) is 11.0. The molecule has 0 unspecified atom stereocenters. The van der Waals surface area contributed by atoms with E-state index in [4.69, 9.17) is 0 Å². The van der Waals surface area contributed by atoms with Crippen molar-refractivity contribution in [3.63, 3.8) is 0 Å². The lowest BCUT2D eigenvalue weighted by Gasteiger charge is -2.24. The Hall–Kier alpha value is -2.82. The number of hydrogen-bond acceptors (Lipinski definition) is 5. The highest BCUT2D eigenvalue weighted by molar-refractivity contribution is 5.87. The van der Waals surface area contributed by atoms with E-state index in [1.54, 1.807) is 0 Å². The van der Waals surface area contributed by atoms with Gasteiger partial charge in [-0.05, 0) is 97.0 Å². The van der Waals surface area contributed by atoms with Gasteiger partial charge in [-0.25, -0.2) is 0 Å². The van der Waals surface area contributed by atoms with Gasteiger partial charge >= 0.3 is 0 Å². The molecule has 0 bridgehead atoms. The molecule has 0 radical (unpaired) electrons. The van der Waals surface area contributed by atoms with Gasteiger partial charge in [0.15, 0.2) is 0 Å². The minimum Gasteiger partial charge on any atom is -0.507 e.